The molecule has 2 aromatic carbocycles. The van der Waals surface area contributed by atoms with E-state index in [1.807, 2.05) is 0 Å². The summed E-state index contributed by atoms with van der Waals surface area (Å²) in [4.78, 5) is 38.3. The minimum Gasteiger partial charge on any atom is -0.444 e. The number of rotatable bonds is 5. The molecule has 2 N–H and O–H groups in total. The van der Waals surface area contributed by atoms with Crippen molar-refractivity contribution in [3.8, 4) is 0 Å². The van der Waals surface area contributed by atoms with Crippen molar-refractivity contribution in [2.45, 2.75) is 0 Å². The highest BCUT2D eigenvalue weighted by molar-refractivity contribution is 9.10. The maximum Gasteiger partial charge on any atom is 0.291 e. The average Bonchev–Trinajstić information content (AvgIpc) is 3.14. The van der Waals surface area contributed by atoms with Crippen LogP contribution in [0.15, 0.2) is 63.7 Å². The van der Waals surface area contributed by atoms with Crippen molar-refractivity contribution < 1.29 is 18.8 Å². The Hall–Kier alpha value is -3.10. The van der Waals surface area contributed by atoms with Crippen molar-refractivity contribution >= 4 is 56.6 Å². The van der Waals surface area contributed by atoms with Crippen LogP contribution in [0.4, 0.5) is 11.4 Å². The fraction of sp³-hybridized carbons (Fsp3) is 0.0952. The van der Waals surface area contributed by atoms with Crippen LogP contribution in [-0.4, -0.2) is 36.7 Å². The van der Waals surface area contributed by atoms with Gasteiger partial charge in [-0.2, -0.15) is 0 Å². The number of amides is 3. The molecule has 9 heteroatoms. The van der Waals surface area contributed by atoms with Gasteiger partial charge in [0.15, 0.2) is 10.4 Å². The number of nitrogens with zero attached hydrogens (tertiary/aromatic N) is 1. The number of carbonyl (C=O) groups is 3. The SMILES string of the molecule is CN(C)C(=O)c1ccc(NC(=O)c2cccc(NC(=O)c3ccc(Br)o3)c2)cc1Cl. The Kier molecular flexibility index (Phi) is 6.59. The molecule has 0 atom stereocenters. The van der Waals surface area contributed by atoms with Crippen molar-refractivity contribution in [2.75, 3.05) is 24.7 Å². The number of anilines is 2. The van der Waals surface area contributed by atoms with E-state index in [2.05, 4.69) is 26.6 Å². The lowest BCUT2D eigenvalue weighted by atomic mass is 10.1. The second kappa shape index (κ2) is 9.15. The van der Waals surface area contributed by atoms with E-state index >= 15 is 0 Å². The van der Waals surface area contributed by atoms with Crippen molar-refractivity contribution in [1.29, 1.82) is 0 Å². The molecule has 0 aliphatic rings. The average molecular weight is 491 g/mol. The Bertz CT molecular complexity index is 1130. The van der Waals surface area contributed by atoms with Gasteiger partial charge in [-0.05, 0) is 64.5 Å². The smallest absolute Gasteiger partial charge is 0.291 e. The number of halogens is 2. The number of furan rings is 1. The maximum absolute atomic E-state index is 12.6. The normalized spacial score (nSPS) is 10.4. The molecule has 30 heavy (non-hydrogen) atoms. The number of nitrogens with one attached hydrogen (secondary N) is 2. The minimum absolute atomic E-state index is 0.138. The fourth-order valence-electron chi connectivity index (χ4n) is 2.58. The van der Waals surface area contributed by atoms with Gasteiger partial charge in [0.05, 0.1) is 10.6 Å². The lowest BCUT2D eigenvalue weighted by Crippen LogP contribution is -2.22. The Labute approximate surface area is 186 Å². The van der Waals surface area contributed by atoms with E-state index in [-0.39, 0.29) is 16.7 Å². The molecule has 7 nitrogen and oxygen atoms in total. The number of benzene rings is 2. The molecule has 0 saturated carbocycles. The minimum atomic E-state index is -0.439. The molecular weight excluding hydrogens is 474 g/mol. The van der Waals surface area contributed by atoms with Crippen molar-refractivity contribution in [2.24, 2.45) is 0 Å². The van der Waals surface area contributed by atoms with Gasteiger partial charge in [0.25, 0.3) is 17.7 Å². The number of hydrogen-bond acceptors (Lipinski definition) is 4. The van der Waals surface area contributed by atoms with Gasteiger partial charge in [0.2, 0.25) is 0 Å². The summed E-state index contributed by atoms with van der Waals surface area (Å²) in [5, 5.41) is 5.63. The molecule has 3 amide bonds. The van der Waals surface area contributed by atoms with Gasteiger partial charge in [-0.15, -0.1) is 0 Å². The van der Waals surface area contributed by atoms with E-state index in [0.29, 0.717) is 27.2 Å². The Morgan fingerprint density at radius 2 is 1.63 bits per heavy atom. The molecule has 0 aliphatic heterocycles. The maximum atomic E-state index is 12.6. The van der Waals surface area contributed by atoms with Gasteiger partial charge in [-0.3, -0.25) is 14.4 Å². The summed E-state index contributed by atoms with van der Waals surface area (Å²) < 4.78 is 5.65. The van der Waals surface area contributed by atoms with Gasteiger partial charge in [-0.1, -0.05) is 17.7 Å². The monoisotopic (exact) mass is 489 g/mol. The molecule has 1 heterocycles. The second-order valence-corrected chi connectivity index (χ2v) is 7.68. The van der Waals surface area contributed by atoms with Crippen LogP contribution >= 0.6 is 27.5 Å². The van der Waals surface area contributed by atoms with Crippen LogP contribution in [0.1, 0.15) is 31.3 Å². The van der Waals surface area contributed by atoms with Crippen LogP contribution < -0.4 is 10.6 Å². The summed E-state index contributed by atoms with van der Waals surface area (Å²) in [6.07, 6.45) is 0. The highest BCUT2D eigenvalue weighted by atomic mass is 79.9. The summed E-state index contributed by atoms with van der Waals surface area (Å²) >= 11 is 9.32. The van der Waals surface area contributed by atoms with Crippen LogP contribution in [0.5, 0.6) is 0 Å². The zero-order valence-corrected chi connectivity index (χ0v) is 18.4. The summed E-state index contributed by atoms with van der Waals surface area (Å²) in [5.41, 5.74) is 1.55. The summed E-state index contributed by atoms with van der Waals surface area (Å²) in [5.74, 6) is -0.926. The van der Waals surface area contributed by atoms with E-state index in [1.165, 1.54) is 23.1 Å². The van der Waals surface area contributed by atoms with Crippen LogP contribution in [0.25, 0.3) is 0 Å². The predicted octanol–water partition coefficient (Wildman–Crippen LogP) is 4.90. The summed E-state index contributed by atoms with van der Waals surface area (Å²) in [7, 11) is 3.26. The summed E-state index contributed by atoms with van der Waals surface area (Å²) in [6.45, 7) is 0. The number of carbonyl (C=O) groups excluding carboxylic acids is 3. The molecule has 0 aliphatic carbocycles. The van der Waals surface area contributed by atoms with Crippen molar-refractivity contribution in [3.63, 3.8) is 0 Å². The first-order valence-electron chi connectivity index (χ1n) is 8.74. The van der Waals surface area contributed by atoms with Gasteiger partial charge in [0, 0.05) is 31.0 Å². The molecule has 0 bridgehead atoms. The lowest BCUT2D eigenvalue weighted by Gasteiger charge is -2.13. The first-order chi connectivity index (χ1) is 14.2. The van der Waals surface area contributed by atoms with Crippen LogP contribution in [0.3, 0.4) is 0 Å². The molecule has 3 rings (SSSR count). The molecule has 0 unspecified atom stereocenters. The highest BCUT2D eigenvalue weighted by Gasteiger charge is 2.15. The van der Waals surface area contributed by atoms with Gasteiger partial charge < -0.3 is 20.0 Å². The van der Waals surface area contributed by atoms with Crippen LogP contribution in [0.2, 0.25) is 5.02 Å². The molecule has 0 radical (unpaired) electrons. The zero-order valence-electron chi connectivity index (χ0n) is 16.0. The molecule has 0 saturated heterocycles. The molecular formula is C21H17BrClN3O4. The molecule has 1 aromatic heterocycles. The molecule has 3 aromatic rings. The van der Waals surface area contributed by atoms with Crippen LogP contribution in [0, 0.1) is 0 Å². The van der Waals surface area contributed by atoms with Gasteiger partial charge in [0.1, 0.15) is 0 Å². The topological polar surface area (TPSA) is 91.7 Å². The van der Waals surface area contributed by atoms with E-state index in [9.17, 15) is 14.4 Å². The second-order valence-electron chi connectivity index (χ2n) is 6.49. The number of hydrogen-bond donors (Lipinski definition) is 2. The van der Waals surface area contributed by atoms with E-state index in [1.54, 1.807) is 50.5 Å². The third-order valence-corrected chi connectivity index (χ3v) is 4.78. The van der Waals surface area contributed by atoms with Crippen molar-refractivity contribution in [1.82, 2.24) is 4.90 Å². The Morgan fingerprint density at radius 3 is 2.27 bits per heavy atom. The molecule has 0 spiro atoms. The molecule has 154 valence electrons. The highest BCUT2D eigenvalue weighted by Crippen LogP contribution is 2.23. The largest absolute Gasteiger partial charge is 0.444 e. The zero-order chi connectivity index (χ0) is 21.8. The quantitative estimate of drug-likeness (QED) is 0.532. The third kappa shape index (κ3) is 5.08. The Balaban J connectivity index is 1.71. The fourth-order valence-corrected chi connectivity index (χ4v) is 3.15. The van der Waals surface area contributed by atoms with Crippen molar-refractivity contribution in [3.05, 3.63) is 81.2 Å². The van der Waals surface area contributed by atoms with Crippen LogP contribution in [-0.2, 0) is 0 Å². The van der Waals surface area contributed by atoms with Gasteiger partial charge in [-0.25, -0.2) is 0 Å². The third-order valence-electron chi connectivity index (χ3n) is 4.04. The van der Waals surface area contributed by atoms with E-state index in [0.717, 1.165) is 0 Å². The lowest BCUT2D eigenvalue weighted by molar-refractivity contribution is 0.0827. The first-order valence-corrected chi connectivity index (χ1v) is 9.91. The summed E-state index contributed by atoms with van der Waals surface area (Å²) in [6, 6.07) is 14.3. The van der Waals surface area contributed by atoms with E-state index < -0.39 is 11.8 Å². The van der Waals surface area contributed by atoms with Gasteiger partial charge >= 0.3 is 0 Å². The Morgan fingerprint density at radius 1 is 0.933 bits per heavy atom. The van der Waals surface area contributed by atoms with E-state index in [4.69, 9.17) is 16.0 Å². The standard InChI is InChI=1S/C21H17BrClN3O4/c1-26(2)21(29)15-7-6-14(11-16(15)23)24-19(27)12-4-3-5-13(10-12)25-20(28)17-8-9-18(22)30-17/h3-11H,1-2H3,(H,24,27)(H,25,28). The molecule has 0 fully saturated rings. The predicted molar refractivity (Wildman–Crippen MR) is 118 cm³/mol. The first kappa shape index (κ1) is 21.6.